The molecule has 2 atom stereocenters. The molecule has 0 aromatic heterocycles. The summed E-state index contributed by atoms with van der Waals surface area (Å²) in [6, 6.07) is 0. The monoisotopic (exact) mass is 209 g/mol. The minimum atomic E-state index is -1.49. The molecule has 0 aromatic carbocycles. The Morgan fingerprint density at radius 2 is 2.08 bits per heavy atom. The van der Waals surface area contributed by atoms with E-state index in [0.29, 0.717) is 25.8 Å². The Balaban J connectivity index is 0.000000845. The Morgan fingerprint density at radius 1 is 1.38 bits per heavy atom. The van der Waals surface area contributed by atoms with Crippen molar-refractivity contribution in [3.8, 4) is 0 Å². The number of nitrogens with one attached hydrogen (secondary N) is 1. The largest absolute Gasteiger partial charge is 0.481 e. The molecule has 13 heavy (non-hydrogen) atoms. The van der Waals surface area contributed by atoms with Gasteiger partial charge in [-0.05, 0) is 19.3 Å². The summed E-state index contributed by atoms with van der Waals surface area (Å²) in [7, 11) is 0. The van der Waals surface area contributed by atoms with Crippen molar-refractivity contribution in [2.24, 2.45) is 5.41 Å². The lowest BCUT2D eigenvalue weighted by Crippen LogP contribution is -2.45. The first-order valence-electron chi connectivity index (χ1n) is 4.24. The van der Waals surface area contributed by atoms with Crippen molar-refractivity contribution in [2.75, 3.05) is 13.1 Å². The van der Waals surface area contributed by atoms with Crippen LogP contribution in [0.15, 0.2) is 0 Å². The van der Waals surface area contributed by atoms with Gasteiger partial charge in [0.25, 0.3) is 0 Å². The van der Waals surface area contributed by atoms with Gasteiger partial charge in [0.05, 0.1) is 0 Å². The highest BCUT2D eigenvalue weighted by atomic mass is 35.5. The second-order valence-electron chi connectivity index (χ2n) is 3.81. The minimum Gasteiger partial charge on any atom is -0.481 e. The number of alkyl halides is 1. The van der Waals surface area contributed by atoms with Gasteiger partial charge in [-0.3, -0.25) is 4.79 Å². The van der Waals surface area contributed by atoms with E-state index in [2.05, 4.69) is 5.32 Å². The van der Waals surface area contributed by atoms with Gasteiger partial charge in [0.1, 0.15) is 11.1 Å². The van der Waals surface area contributed by atoms with Crippen molar-refractivity contribution in [1.82, 2.24) is 5.32 Å². The summed E-state index contributed by atoms with van der Waals surface area (Å²) in [4.78, 5) is 10.9. The highest BCUT2D eigenvalue weighted by molar-refractivity contribution is 5.85. The third kappa shape index (κ3) is 1.15. The summed E-state index contributed by atoms with van der Waals surface area (Å²) in [5, 5.41) is 11.8. The number of aliphatic carboxylic acids is 1. The van der Waals surface area contributed by atoms with E-state index in [1.165, 1.54) is 0 Å². The van der Waals surface area contributed by atoms with Gasteiger partial charge in [-0.2, -0.15) is 0 Å². The molecule has 1 heterocycles. The van der Waals surface area contributed by atoms with E-state index < -0.39 is 17.1 Å². The summed E-state index contributed by atoms with van der Waals surface area (Å²) in [6.45, 7) is 0.498. The molecule has 0 aromatic rings. The second-order valence-corrected chi connectivity index (χ2v) is 3.81. The van der Waals surface area contributed by atoms with Crippen LogP contribution in [0.2, 0.25) is 0 Å². The summed E-state index contributed by atoms with van der Waals surface area (Å²) in [5.41, 5.74) is -2.61. The summed E-state index contributed by atoms with van der Waals surface area (Å²) < 4.78 is 14.0. The predicted octanol–water partition coefficient (Wildman–Crippen LogP) is 0.975. The number of carboxylic acid groups (broad SMARTS) is 1. The van der Waals surface area contributed by atoms with Crippen molar-refractivity contribution >= 4 is 18.4 Å². The number of rotatable bonds is 1. The normalized spacial score (nSPS) is 42.5. The van der Waals surface area contributed by atoms with E-state index in [1.54, 1.807) is 0 Å². The molecule has 0 unspecified atom stereocenters. The van der Waals surface area contributed by atoms with Gasteiger partial charge < -0.3 is 10.4 Å². The van der Waals surface area contributed by atoms with Gasteiger partial charge in [-0.15, -0.1) is 12.4 Å². The van der Waals surface area contributed by atoms with E-state index in [-0.39, 0.29) is 19.0 Å². The Bertz CT molecular complexity index is 224. The van der Waals surface area contributed by atoms with Crippen LogP contribution in [0, 0.1) is 5.41 Å². The number of carboxylic acids is 1. The molecule has 0 bridgehead atoms. The zero-order valence-electron chi connectivity index (χ0n) is 7.18. The average Bonchev–Trinajstić information content (AvgIpc) is 2.41. The van der Waals surface area contributed by atoms with Crippen molar-refractivity contribution < 1.29 is 14.3 Å². The van der Waals surface area contributed by atoms with Crippen molar-refractivity contribution in [3.63, 3.8) is 0 Å². The smallest absolute Gasteiger partial charge is 0.314 e. The van der Waals surface area contributed by atoms with Crippen LogP contribution in [-0.2, 0) is 4.79 Å². The maximum absolute atomic E-state index is 14.0. The first-order chi connectivity index (χ1) is 5.61. The summed E-state index contributed by atoms with van der Waals surface area (Å²) >= 11 is 0. The highest BCUT2D eigenvalue weighted by Crippen LogP contribution is 2.51. The molecule has 2 N–H and O–H groups in total. The number of hydrogen-bond acceptors (Lipinski definition) is 2. The Hall–Kier alpha value is -0.350. The van der Waals surface area contributed by atoms with E-state index in [0.717, 1.165) is 0 Å². The van der Waals surface area contributed by atoms with Gasteiger partial charge in [0, 0.05) is 13.1 Å². The lowest BCUT2D eigenvalue weighted by Gasteiger charge is -2.28. The first kappa shape index (κ1) is 10.7. The predicted molar refractivity (Wildman–Crippen MR) is 47.9 cm³/mol. The zero-order valence-corrected chi connectivity index (χ0v) is 7.99. The molecule has 1 saturated carbocycles. The van der Waals surface area contributed by atoms with E-state index in [1.807, 2.05) is 0 Å². The minimum absolute atomic E-state index is 0. The third-order valence-electron chi connectivity index (χ3n) is 3.28. The molecule has 2 aliphatic rings. The van der Waals surface area contributed by atoms with E-state index in [4.69, 9.17) is 5.11 Å². The van der Waals surface area contributed by atoms with Gasteiger partial charge in [-0.25, -0.2) is 4.39 Å². The van der Waals surface area contributed by atoms with Crippen LogP contribution in [0.3, 0.4) is 0 Å². The fraction of sp³-hybridized carbons (Fsp3) is 0.875. The standard InChI is InChI=1S/C8H12FNO2.ClH/c9-8-3-1-2-7(8,6(11)12)4-10-5-8;/h10H,1-5H2,(H,11,12);1H/t7-,8-;/m1./s1. The van der Waals surface area contributed by atoms with Gasteiger partial charge >= 0.3 is 5.97 Å². The lowest BCUT2D eigenvalue weighted by atomic mass is 9.78. The highest BCUT2D eigenvalue weighted by Gasteiger charge is 2.63. The topological polar surface area (TPSA) is 49.3 Å². The quantitative estimate of drug-likeness (QED) is 0.677. The molecule has 1 aliphatic carbocycles. The second kappa shape index (κ2) is 3.10. The third-order valence-corrected chi connectivity index (χ3v) is 3.28. The van der Waals surface area contributed by atoms with Crippen LogP contribution in [-0.4, -0.2) is 29.8 Å². The van der Waals surface area contributed by atoms with Gasteiger partial charge in [0.2, 0.25) is 0 Å². The Labute approximate surface area is 82.1 Å². The Kier molecular flexibility index (Phi) is 2.56. The molecule has 2 rings (SSSR count). The van der Waals surface area contributed by atoms with E-state index >= 15 is 0 Å². The Morgan fingerprint density at radius 3 is 2.62 bits per heavy atom. The number of carbonyl (C=O) groups is 1. The van der Waals surface area contributed by atoms with Crippen molar-refractivity contribution in [1.29, 1.82) is 0 Å². The molecule has 0 radical (unpaired) electrons. The molecule has 0 amide bonds. The molecular weight excluding hydrogens is 197 g/mol. The lowest BCUT2D eigenvalue weighted by molar-refractivity contribution is -0.153. The zero-order chi connectivity index (χ0) is 8.82. The maximum Gasteiger partial charge on any atom is 0.314 e. The molecular formula is C8H13ClFNO2. The van der Waals surface area contributed by atoms with Crippen molar-refractivity contribution in [2.45, 2.75) is 24.9 Å². The molecule has 5 heteroatoms. The SMILES string of the molecule is Cl.O=C(O)[C@]12CCC[C@@]1(F)CNC2. The van der Waals surface area contributed by atoms with Crippen LogP contribution in [0.1, 0.15) is 19.3 Å². The fourth-order valence-electron chi connectivity index (χ4n) is 2.49. The van der Waals surface area contributed by atoms with Crippen LogP contribution in [0.4, 0.5) is 4.39 Å². The first-order valence-corrected chi connectivity index (χ1v) is 4.24. The van der Waals surface area contributed by atoms with Crippen LogP contribution >= 0.6 is 12.4 Å². The molecule has 0 spiro atoms. The molecule has 1 aliphatic heterocycles. The van der Waals surface area contributed by atoms with Gasteiger partial charge in [-0.1, -0.05) is 0 Å². The molecule has 1 saturated heterocycles. The molecule has 3 nitrogen and oxygen atoms in total. The van der Waals surface area contributed by atoms with E-state index in [9.17, 15) is 9.18 Å². The number of hydrogen-bond donors (Lipinski definition) is 2. The fourth-order valence-corrected chi connectivity index (χ4v) is 2.49. The average molecular weight is 210 g/mol. The van der Waals surface area contributed by atoms with Crippen molar-refractivity contribution in [3.05, 3.63) is 0 Å². The molecule has 2 fully saturated rings. The van der Waals surface area contributed by atoms with Crippen LogP contribution in [0.5, 0.6) is 0 Å². The summed E-state index contributed by atoms with van der Waals surface area (Å²) in [5.74, 6) is -0.979. The maximum atomic E-state index is 14.0. The number of fused-ring (bicyclic) bond motifs is 1. The number of halogens is 2. The summed E-state index contributed by atoms with van der Waals surface area (Å²) in [6.07, 6.45) is 1.57. The van der Waals surface area contributed by atoms with Crippen LogP contribution in [0.25, 0.3) is 0 Å². The van der Waals surface area contributed by atoms with Crippen LogP contribution < -0.4 is 5.32 Å². The molecule has 76 valence electrons. The van der Waals surface area contributed by atoms with Gasteiger partial charge in [0.15, 0.2) is 0 Å².